The van der Waals surface area contributed by atoms with E-state index in [1.807, 2.05) is 56.3 Å². The van der Waals surface area contributed by atoms with E-state index in [9.17, 15) is 19.5 Å². The van der Waals surface area contributed by atoms with E-state index in [0.717, 1.165) is 25.7 Å². The molecule has 1 saturated carbocycles. The van der Waals surface area contributed by atoms with Crippen molar-refractivity contribution in [2.45, 2.75) is 64.5 Å². The Morgan fingerprint density at radius 1 is 1.07 bits per heavy atom. The van der Waals surface area contributed by atoms with E-state index in [0.29, 0.717) is 29.2 Å². The van der Waals surface area contributed by atoms with Crippen LogP contribution in [0.15, 0.2) is 48.5 Å². The summed E-state index contributed by atoms with van der Waals surface area (Å²) in [6.07, 6.45) is 4.77. The Bertz CT molecular complexity index is 1170. The number of hydrogen-bond acceptors (Lipinski definition) is 5. The van der Waals surface area contributed by atoms with Crippen LogP contribution in [0.1, 0.15) is 51.5 Å². The summed E-state index contributed by atoms with van der Waals surface area (Å²) in [5, 5.41) is 15.8. The van der Waals surface area contributed by atoms with Gasteiger partial charge in [-0.05, 0) is 50.1 Å². The van der Waals surface area contributed by atoms with Crippen molar-refractivity contribution < 1.29 is 24.2 Å². The van der Waals surface area contributed by atoms with Gasteiger partial charge in [0.25, 0.3) is 0 Å². The van der Waals surface area contributed by atoms with Crippen LogP contribution in [0.5, 0.6) is 5.75 Å². The van der Waals surface area contributed by atoms with E-state index in [2.05, 4.69) is 10.6 Å². The van der Waals surface area contributed by atoms with Gasteiger partial charge in [-0.3, -0.25) is 9.59 Å². The summed E-state index contributed by atoms with van der Waals surface area (Å²) < 4.78 is 6.51. The van der Waals surface area contributed by atoms with Gasteiger partial charge in [-0.15, -0.1) is 0 Å². The first-order valence-corrected chi connectivity index (χ1v) is 14.3. The Hall–Kier alpha value is -3.59. The van der Waals surface area contributed by atoms with Crippen molar-refractivity contribution in [1.29, 1.82) is 0 Å². The van der Waals surface area contributed by atoms with Crippen molar-refractivity contribution in [2.75, 3.05) is 37.4 Å². The van der Waals surface area contributed by atoms with Gasteiger partial charge in [0, 0.05) is 42.4 Å². The highest BCUT2D eigenvalue weighted by molar-refractivity contribution is 5.93. The first kappa shape index (κ1) is 29.4. The van der Waals surface area contributed by atoms with Gasteiger partial charge in [0.1, 0.15) is 11.9 Å². The highest BCUT2D eigenvalue weighted by atomic mass is 16.5. The van der Waals surface area contributed by atoms with Gasteiger partial charge < -0.3 is 30.3 Å². The topological polar surface area (TPSA) is 111 Å². The van der Waals surface area contributed by atoms with Crippen molar-refractivity contribution in [2.24, 2.45) is 11.8 Å². The van der Waals surface area contributed by atoms with E-state index in [4.69, 9.17) is 4.74 Å². The molecule has 2 aromatic carbocycles. The maximum absolute atomic E-state index is 13.4. The zero-order chi connectivity index (χ0) is 28.6. The Kier molecular flexibility index (Phi) is 10.0. The normalized spacial score (nSPS) is 20.7. The van der Waals surface area contributed by atoms with Crippen molar-refractivity contribution in [3.63, 3.8) is 0 Å². The second-order valence-electron chi connectivity index (χ2n) is 11.2. The molecule has 0 saturated heterocycles. The van der Waals surface area contributed by atoms with Crippen molar-refractivity contribution in [3.05, 3.63) is 54.1 Å². The quantitative estimate of drug-likeness (QED) is 0.470. The molecule has 2 aromatic rings. The summed E-state index contributed by atoms with van der Waals surface area (Å²) in [4.78, 5) is 42.5. The molecule has 0 spiro atoms. The molecule has 0 radical (unpaired) electrons. The third-order valence-electron chi connectivity index (χ3n) is 7.99. The standard InChI is InChI=1S/C31H42N4O5/c1-21-18-35(22(2)20-36)29(37)17-24-16-26(32-30(38)23-10-6-4-7-11-23)14-15-27(24)40-28(21)19-34(3)31(39)33-25-12-8-5-9-13-25/h5,8-9,12-16,21-23,28,36H,4,6-7,10-11,17-20H2,1-3H3,(H,32,38)(H,33,39)/t21-,22-,28-/m0/s1. The van der Waals surface area contributed by atoms with Gasteiger partial charge in [-0.25, -0.2) is 4.79 Å². The van der Waals surface area contributed by atoms with Crippen LogP contribution in [0.2, 0.25) is 0 Å². The number of nitrogens with zero attached hydrogens (tertiary/aromatic N) is 2. The minimum absolute atomic E-state index is 0.0144. The number of urea groups is 1. The minimum Gasteiger partial charge on any atom is -0.488 e. The van der Waals surface area contributed by atoms with Crippen molar-refractivity contribution in [1.82, 2.24) is 9.80 Å². The van der Waals surface area contributed by atoms with Crippen LogP contribution < -0.4 is 15.4 Å². The third-order valence-corrected chi connectivity index (χ3v) is 7.99. The summed E-state index contributed by atoms with van der Waals surface area (Å²) in [5.74, 6) is 0.325. The molecule has 9 heteroatoms. The van der Waals surface area contributed by atoms with Gasteiger partial charge >= 0.3 is 6.03 Å². The van der Waals surface area contributed by atoms with Crippen molar-refractivity contribution in [3.8, 4) is 5.75 Å². The Morgan fingerprint density at radius 2 is 1.80 bits per heavy atom. The number of aliphatic hydroxyl groups excluding tert-OH is 1. The molecule has 3 atom stereocenters. The molecule has 0 unspecified atom stereocenters. The number of nitrogens with one attached hydrogen (secondary N) is 2. The summed E-state index contributed by atoms with van der Waals surface area (Å²) in [6, 6.07) is 14.0. The monoisotopic (exact) mass is 550 g/mol. The molecular formula is C31H42N4O5. The van der Waals surface area contributed by atoms with Crippen LogP contribution in [0.3, 0.4) is 0 Å². The summed E-state index contributed by atoms with van der Waals surface area (Å²) >= 11 is 0. The van der Waals surface area contributed by atoms with Gasteiger partial charge in [-0.1, -0.05) is 44.4 Å². The number of amides is 4. The van der Waals surface area contributed by atoms with Crippen LogP contribution in [0.25, 0.3) is 0 Å². The fourth-order valence-electron chi connectivity index (χ4n) is 5.43. The Morgan fingerprint density at radius 3 is 2.50 bits per heavy atom. The number of likely N-dealkylation sites (N-methyl/N-ethyl adjacent to an activating group) is 1. The zero-order valence-electron chi connectivity index (χ0n) is 23.8. The lowest BCUT2D eigenvalue weighted by molar-refractivity contribution is -0.134. The second kappa shape index (κ2) is 13.7. The average molecular weight is 551 g/mol. The zero-order valence-corrected chi connectivity index (χ0v) is 23.8. The van der Waals surface area contributed by atoms with E-state index in [1.165, 1.54) is 6.42 Å². The number of fused-ring (bicyclic) bond motifs is 1. The molecule has 4 rings (SSSR count). The lowest BCUT2D eigenvalue weighted by Crippen LogP contribution is -2.48. The maximum Gasteiger partial charge on any atom is 0.321 e. The number of anilines is 2. The van der Waals surface area contributed by atoms with E-state index in [1.54, 1.807) is 22.9 Å². The lowest BCUT2D eigenvalue weighted by Gasteiger charge is -2.34. The predicted molar refractivity (Wildman–Crippen MR) is 155 cm³/mol. The number of ether oxygens (including phenoxy) is 1. The largest absolute Gasteiger partial charge is 0.488 e. The number of benzene rings is 2. The van der Waals surface area contributed by atoms with E-state index < -0.39 is 6.10 Å². The number of rotatable bonds is 7. The summed E-state index contributed by atoms with van der Waals surface area (Å²) in [7, 11) is 1.71. The molecular weight excluding hydrogens is 508 g/mol. The first-order valence-electron chi connectivity index (χ1n) is 14.3. The van der Waals surface area contributed by atoms with E-state index >= 15 is 0 Å². The lowest BCUT2D eigenvalue weighted by atomic mass is 9.88. The molecule has 0 aromatic heterocycles. The SMILES string of the molecule is C[C@H]1CN([C@@H](C)CO)C(=O)Cc2cc(NC(=O)C3CCCCC3)ccc2O[C@H]1CN(C)C(=O)Nc1ccccc1. The third kappa shape index (κ3) is 7.53. The fourth-order valence-corrected chi connectivity index (χ4v) is 5.43. The second-order valence-corrected chi connectivity index (χ2v) is 11.2. The fraction of sp³-hybridized carbons (Fsp3) is 0.516. The molecule has 1 heterocycles. The highest BCUT2D eigenvalue weighted by Gasteiger charge is 2.32. The minimum atomic E-state index is -0.424. The van der Waals surface area contributed by atoms with Crippen LogP contribution >= 0.6 is 0 Å². The molecule has 0 bridgehead atoms. The average Bonchev–Trinajstić information content (AvgIpc) is 3.01. The molecule has 1 aliphatic carbocycles. The molecule has 3 N–H and O–H groups in total. The number of para-hydroxylation sites is 1. The number of hydrogen-bond donors (Lipinski definition) is 3. The van der Waals surface area contributed by atoms with Gasteiger partial charge in [0.2, 0.25) is 11.8 Å². The molecule has 1 aliphatic heterocycles. The van der Waals surface area contributed by atoms with Crippen LogP contribution in [-0.2, 0) is 16.0 Å². The number of carbonyl (C=O) groups excluding carboxylic acids is 3. The maximum atomic E-state index is 13.4. The van der Waals surface area contributed by atoms with Crippen LogP contribution in [0.4, 0.5) is 16.2 Å². The van der Waals surface area contributed by atoms with Gasteiger partial charge in [0.05, 0.1) is 25.6 Å². The Labute approximate surface area is 236 Å². The Balaban J connectivity index is 1.56. The van der Waals surface area contributed by atoms with Gasteiger partial charge in [-0.2, -0.15) is 0 Å². The summed E-state index contributed by atoms with van der Waals surface area (Å²) in [6.45, 7) is 4.31. The van der Waals surface area contributed by atoms with Crippen LogP contribution in [-0.4, -0.2) is 71.6 Å². The molecule has 216 valence electrons. The highest BCUT2D eigenvalue weighted by Crippen LogP contribution is 2.30. The molecule has 2 aliphatic rings. The predicted octanol–water partition coefficient (Wildman–Crippen LogP) is 4.52. The molecule has 40 heavy (non-hydrogen) atoms. The van der Waals surface area contributed by atoms with Gasteiger partial charge in [0.15, 0.2) is 0 Å². The van der Waals surface area contributed by atoms with Crippen molar-refractivity contribution >= 4 is 29.2 Å². The number of aliphatic hydroxyl groups is 1. The molecule has 1 fully saturated rings. The smallest absolute Gasteiger partial charge is 0.321 e. The molecule has 9 nitrogen and oxygen atoms in total. The first-order chi connectivity index (χ1) is 19.2. The molecule has 4 amide bonds. The van der Waals surface area contributed by atoms with E-state index in [-0.39, 0.29) is 55.3 Å². The summed E-state index contributed by atoms with van der Waals surface area (Å²) in [5.41, 5.74) is 2.00. The number of carbonyl (C=O) groups is 3. The van der Waals surface area contributed by atoms with Crippen LogP contribution in [0, 0.1) is 11.8 Å².